The smallest absolute Gasteiger partial charge is 0.337 e. The van der Waals surface area contributed by atoms with Gasteiger partial charge in [0.25, 0.3) is 5.89 Å². The molecule has 0 saturated carbocycles. The minimum absolute atomic E-state index is 0.262. The Morgan fingerprint density at radius 1 is 1.09 bits per heavy atom. The summed E-state index contributed by atoms with van der Waals surface area (Å²) >= 11 is 0. The van der Waals surface area contributed by atoms with E-state index in [0.29, 0.717) is 61.4 Å². The van der Waals surface area contributed by atoms with Crippen molar-refractivity contribution in [2.75, 3.05) is 31.2 Å². The Balaban J connectivity index is 1.46. The molecule has 240 valence electrons. The number of rotatable bonds is 3. The van der Waals surface area contributed by atoms with Crippen LogP contribution in [0.5, 0.6) is 5.75 Å². The number of imidazole rings is 1. The van der Waals surface area contributed by atoms with Gasteiger partial charge in [-0.1, -0.05) is 18.2 Å². The van der Waals surface area contributed by atoms with E-state index in [1.165, 1.54) is 0 Å². The predicted molar refractivity (Wildman–Crippen MR) is 169 cm³/mol. The largest absolute Gasteiger partial charge is 0.493 e. The van der Waals surface area contributed by atoms with Gasteiger partial charge in [-0.25, -0.2) is 9.78 Å². The molecule has 0 radical (unpaired) electrons. The zero-order valence-electron chi connectivity index (χ0n) is 26.8. The quantitative estimate of drug-likeness (QED) is 0.286. The van der Waals surface area contributed by atoms with Crippen LogP contribution in [-0.4, -0.2) is 68.2 Å². The minimum atomic E-state index is -1.17. The van der Waals surface area contributed by atoms with Crippen LogP contribution in [-0.2, 0) is 20.7 Å². The summed E-state index contributed by atoms with van der Waals surface area (Å²) in [7, 11) is 0. The van der Waals surface area contributed by atoms with Crippen LogP contribution < -0.4 is 9.64 Å². The minimum Gasteiger partial charge on any atom is -0.493 e. The van der Waals surface area contributed by atoms with Gasteiger partial charge in [-0.3, -0.25) is 4.40 Å². The first-order valence-electron chi connectivity index (χ1n) is 15.9. The van der Waals surface area contributed by atoms with Gasteiger partial charge in [0, 0.05) is 37.0 Å². The summed E-state index contributed by atoms with van der Waals surface area (Å²) in [5.74, 6) is 1.27. The van der Waals surface area contributed by atoms with Crippen molar-refractivity contribution in [3.8, 4) is 17.3 Å². The molecule has 1 aromatic carbocycles. The molecule has 3 aliphatic heterocycles. The van der Waals surface area contributed by atoms with E-state index < -0.39 is 17.7 Å². The molecule has 11 heteroatoms. The topological polar surface area (TPSA) is 124 Å². The molecule has 3 aromatic heterocycles. The predicted octanol–water partition coefficient (Wildman–Crippen LogP) is 6.16. The molecular formula is C34H43N5O6. The number of pyridine rings is 1. The number of aromatic nitrogens is 4. The highest BCUT2D eigenvalue weighted by atomic mass is 16.5. The zero-order chi connectivity index (χ0) is 31.8. The first-order chi connectivity index (χ1) is 21.5. The third-order valence-electron chi connectivity index (χ3n) is 8.55. The lowest BCUT2D eigenvalue weighted by atomic mass is 9.92. The summed E-state index contributed by atoms with van der Waals surface area (Å²) in [6.07, 6.45) is 5.60. The molecule has 6 heterocycles. The third-order valence-corrected chi connectivity index (χ3v) is 8.55. The maximum atomic E-state index is 12.8. The number of fused-ring (bicyclic) bond motifs is 8. The summed E-state index contributed by atoms with van der Waals surface area (Å²) in [6, 6.07) is 9.80. The van der Waals surface area contributed by atoms with Crippen LogP contribution in [0.3, 0.4) is 0 Å². The van der Waals surface area contributed by atoms with Crippen molar-refractivity contribution in [3.05, 3.63) is 59.1 Å². The molecule has 0 aliphatic carbocycles. The Morgan fingerprint density at radius 2 is 1.84 bits per heavy atom. The van der Waals surface area contributed by atoms with Gasteiger partial charge in [-0.05, 0) is 84.4 Å². The van der Waals surface area contributed by atoms with Gasteiger partial charge in [0.2, 0.25) is 5.89 Å². The van der Waals surface area contributed by atoms with Gasteiger partial charge >= 0.3 is 5.97 Å². The Hall–Kier alpha value is -3.96. The number of hydrogen-bond acceptors (Lipinski definition) is 9. The van der Waals surface area contributed by atoms with Crippen molar-refractivity contribution in [1.82, 2.24) is 19.6 Å². The number of nitrogens with zero attached hydrogens (tertiary/aromatic N) is 5. The monoisotopic (exact) mass is 617 g/mol. The Morgan fingerprint density at radius 3 is 2.60 bits per heavy atom. The summed E-state index contributed by atoms with van der Waals surface area (Å²) in [4.78, 5) is 19.9. The van der Waals surface area contributed by atoms with E-state index in [9.17, 15) is 9.90 Å². The first kappa shape index (κ1) is 31.0. The Labute approximate surface area is 263 Å². The fourth-order valence-electron chi connectivity index (χ4n) is 6.18. The van der Waals surface area contributed by atoms with Gasteiger partial charge in [0.05, 0.1) is 24.2 Å². The summed E-state index contributed by atoms with van der Waals surface area (Å²) in [5, 5.41) is 19.1. The fourth-order valence-corrected chi connectivity index (χ4v) is 6.18. The lowest BCUT2D eigenvalue weighted by molar-refractivity contribution is -0.160. The van der Waals surface area contributed by atoms with E-state index in [-0.39, 0.29) is 5.60 Å². The SMILES string of the molecule is Cc1cc2nc3cn2c(c1C(OC(C)(C)C)C(=O)O)N1CCC(C)(CC1)OCCCCCOc1ccccc1Cc1nnc-3o1. The van der Waals surface area contributed by atoms with Crippen molar-refractivity contribution in [2.45, 2.75) is 90.4 Å². The number of carbonyl (C=O) groups is 1. The first-order valence-corrected chi connectivity index (χ1v) is 15.9. The number of carboxylic acid groups (broad SMARTS) is 1. The van der Waals surface area contributed by atoms with Crippen LogP contribution in [0, 0.1) is 6.92 Å². The van der Waals surface area contributed by atoms with Crippen molar-refractivity contribution in [2.24, 2.45) is 0 Å². The molecule has 7 rings (SSSR count). The molecule has 1 unspecified atom stereocenters. The van der Waals surface area contributed by atoms with Crippen molar-refractivity contribution in [1.29, 1.82) is 0 Å². The van der Waals surface area contributed by atoms with Crippen molar-refractivity contribution >= 4 is 17.4 Å². The molecule has 1 atom stereocenters. The zero-order valence-corrected chi connectivity index (χ0v) is 26.8. The molecule has 11 nitrogen and oxygen atoms in total. The highest BCUT2D eigenvalue weighted by Gasteiger charge is 2.37. The van der Waals surface area contributed by atoms with Gasteiger partial charge in [-0.15, -0.1) is 10.2 Å². The van der Waals surface area contributed by atoms with Crippen LogP contribution in [0.2, 0.25) is 0 Å². The molecule has 0 amide bonds. The van der Waals surface area contributed by atoms with Crippen LogP contribution in [0.1, 0.15) is 88.5 Å². The van der Waals surface area contributed by atoms with Crippen LogP contribution >= 0.6 is 0 Å². The molecule has 6 bridgehead atoms. The highest BCUT2D eigenvalue weighted by Crippen LogP contribution is 2.39. The third kappa shape index (κ3) is 6.84. The van der Waals surface area contributed by atoms with E-state index in [4.69, 9.17) is 23.6 Å². The van der Waals surface area contributed by atoms with E-state index in [1.807, 2.05) is 68.6 Å². The maximum absolute atomic E-state index is 12.8. The molecule has 1 fully saturated rings. The molecule has 0 spiro atoms. The number of aliphatic carboxylic acids is 1. The van der Waals surface area contributed by atoms with Crippen LogP contribution in [0.15, 0.2) is 40.9 Å². The standard InChI is InChI=1S/C34H43N5O6/c1-22-19-26-35-24-21-39(26)31(28(22)29(32(40)41)45-33(2,3)4)38-15-13-34(5,14-16-38)43-18-10-6-9-17-42-25-12-8-7-11-23(25)20-27-36-37-30(24)44-27/h7-8,11-12,19,21,29H,6,9-10,13-18,20H2,1-5H3,(H,40,41). The molecule has 45 heavy (non-hydrogen) atoms. The molecule has 1 N–H and O–H groups in total. The normalized spacial score (nSPS) is 18.3. The number of para-hydroxylation sites is 1. The van der Waals surface area contributed by atoms with Gasteiger partial charge in [0.15, 0.2) is 6.10 Å². The molecule has 3 aliphatic rings. The van der Waals surface area contributed by atoms with Gasteiger partial charge in [-0.2, -0.15) is 0 Å². The molecule has 4 aromatic rings. The summed E-state index contributed by atoms with van der Waals surface area (Å²) < 4.78 is 26.9. The molecule has 1 saturated heterocycles. The van der Waals surface area contributed by atoms with E-state index in [2.05, 4.69) is 22.0 Å². The Bertz CT molecular complexity index is 1660. The van der Waals surface area contributed by atoms with Gasteiger partial charge in [0.1, 0.15) is 22.9 Å². The Kier molecular flexibility index (Phi) is 8.58. The lowest BCUT2D eigenvalue weighted by Gasteiger charge is -2.41. The molecular weight excluding hydrogens is 574 g/mol. The average molecular weight is 618 g/mol. The number of piperidine rings is 1. The second kappa shape index (κ2) is 12.4. The van der Waals surface area contributed by atoms with Crippen molar-refractivity contribution in [3.63, 3.8) is 0 Å². The second-order valence-electron chi connectivity index (χ2n) is 13.3. The number of benzene rings is 1. The van der Waals surface area contributed by atoms with Crippen molar-refractivity contribution < 1.29 is 28.5 Å². The van der Waals surface area contributed by atoms with Gasteiger partial charge < -0.3 is 28.6 Å². The second-order valence-corrected chi connectivity index (χ2v) is 13.3. The number of ether oxygens (including phenoxy) is 3. The number of hydrogen-bond donors (Lipinski definition) is 1. The highest BCUT2D eigenvalue weighted by molar-refractivity contribution is 5.79. The average Bonchev–Trinajstić information content (AvgIpc) is 3.62. The lowest BCUT2D eigenvalue weighted by Crippen LogP contribution is -2.45. The van der Waals surface area contributed by atoms with E-state index in [1.54, 1.807) is 0 Å². The number of carboxylic acids is 1. The number of anilines is 1. The fraction of sp³-hybridized carbons (Fsp3) is 0.529. The van der Waals surface area contributed by atoms with Crippen LogP contribution in [0.25, 0.3) is 17.2 Å². The number of aryl methyl sites for hydroxylation is 1. The van der Waals surface area contributed by atoms with Crippen LogP contribution in [0.4, 0.5) is 5.82 Å². The summed E-state index contributed by atoms with van der Waals surface area (Å²) in [5.41, 5.74) is 2.59. The van der Waals surface area contributed by atoms with E-state index in [0.717, 1.165) is 54.8 Å². The van der Waals surface area contributed by atoms with E-state index >= 15 is 0 Å². The summed E-state index contributed by atoms with van der Waals surface area (Å²) in [6.45, 7) is 12.4. The maximum Gasteiger partial charge on any atom is 0.337 e.